The lowest BCUT2D eigenvalue weighted by Gasteiger charge is -2.32. The van der Waals surface area contributed by atoms with Crippen LogP contribution in [0.2, 0.25) is 0 Å². The molecule has 0 bridgehead atoms. The fourth-order valence-electron chi connectivity index (χ4n) is 1.38. The molecular weight excluding hydrogens is 128 g/mol. The summed E-state index contributed by atoms with van der Waals surface area (Å²) in [4.78, 5) is 12.9. The van der Waals surface area contributed by atoms with E-state index in [-0.39, 0.29) is 11.9 Å². The van der Waals surface area contributed by atoms with Crippen LogP contribution in [0.25, 0.3) is 0 Å². The first-order valence-corrected chi connectivity index (χ1v) is 3.62. The van der Waals surface area contributed by atoms with Gasteiger partial charge < -0.3 is 10.2 Å². The maximum absolute atomic E-state index is 11.1. The monoisotopic (exact) mass is 142 g/mol. The Morgan fingerprint density at radius 3 is 2.70 bits per heavy atom. The second-order valence-corrected chi connectivity index (χ2v) is 3.01. The van der Waals surface area contributed by atoms with Crippen molar-refractivity contribution >= 4 is 5.91 Å². The summed E-state index contributed by atoms with van der Waals surface area (Å²) in [5, 5.41) is 3.17. The SMILES string of the molecule is C[C@H]1CN(C)C(=O)[C@@H](C)N1. The van der Waals surface area contributed by atoms with E-state index >= 15 is 0 Å². The first kappa shape index (κ1) is 7.54. The van der Waals surface area contributed by atoms with Gasteiger partial charge in [-0.15, -0.1) is 0 Å². The van der Waals surface area contributed by atoms with Gasteiger partial charge in [-0.2, -0.15) is 0 Å². The highest BCUT2D eigenvalue weighted by Crippen LogP contribution is 2.01. The highest BCUT2D eigenvalue weighted by atomic mass is 16.2. The molecule has 0 unspecified atom stereocenters. The molecule has 2 atom stereocenters. The fraction of sp³-hybridized carbons (Fsp3) is 0.857. The molecule has 0 saturated carbocycles. The maximum Gasteiger partial charge on any atom is 0.239 e. The van der Waals surface area contributed by atoms with Crippen molar-refractivity contribution in [2.75, 3.05) is 13.6 Å². The average molecular weight is 142 g/mol. The van der Waals surface area contributed by atoms with Crippen molar-refractivity contribution < 1.29 is 4.79 Å². The van der Waals surface area contributed by atoms with E-state index in [1.165, 1.54) is 0 Å². The molecule has 0 radical (unpaired) electrons. The van der Waals surface area contributed by atoms with Crippen molar-refractivity contribution in [1.29, 1.82) is 0 Å². The molecule has 3 nitrogen and oxygen atoms in total. The van der Waals surface area contributed by atoms with E-state index in [9.17, 15) is 4.79 Å². The molecule has 0 aromatic heterocycles. The van der Waals surface area contributed by atoms with Gasteiger partial charge in [0.1, 0.15) is 0 Å². The predicted molar refractivity (Wildman–Crippen MR) is 39.7 cm³/mol. The van der Waals surface area contributed by atoms with Crippen molar-refractivity contribution in [2.24, 2.45) is 0 Å². The number of amides is 1. The van der Waals surface area contributed by atoms with E-state index in [1.807, 2.05) is 14.0 Å². The summed E-state index contributed by atoms with van der Waals surface area (Å²) in [5.74, 6) is 0.193. The Balaban J connectivity index is 2.57. The van der Waals surface area contributed by atoms with Gasteiger partial charge in [-0.05, 0) is 13.8 Å². The minimum Gasteiger partial charge on any atom is -0.343 e. The Labute approximate surface area is 61.4 Å². The predicted octanol–water partition coefficient (Wildman–Crippen LogP) is -0.175. The van der Waals surface area contributed by atoms with Crippen LogP contribution in [0, 0.1) is 0 Å². The molecule has 1 fully saturated rings. The lowest BCUT2D eigenvalue weighted by molar-refractivity contribution is -0.134. The van der Waals surface area contributed by atoms with Crippen LogP contribution in [0.15, 0.2) is 0 Å². The molecule has 1 heterocycles. The summed E-state index contributed by atoms with van der Waals surface area (Å²) in [6.07, 6.45) is 0. The number of hydrogen-bond acceptors (Lipinski definition) is 2. The van der Waals surface area contributed by atoms with Crippen molar-refractivity contribution in [3.63, 3.8) is 0 Å². The third kappa shape index (κ3) is 1.29. The van der Waals surface area contributed by atoms with E-state index in [0.29, 0.717) is 6.04 Å². The fourth-order valence-corrected chi connectivity index (χ4v) is 1.38. The average Bonchev–Trinajstić information content (AvgIpc) is 1.82. The molecule has 1 rings (SSSR count). The zero-order valence-corrected chi connectivity index (χ0v) is 6.72. The zero-order valence-electron chi connectivity index (χ0n) is 6.72. The highest BCUT2D eigenvalue weighted by Gasteiger charge is 2.25. The molecule has 0 aromatic carbocycles. The molecule has 1 aliphatic rings. The van der Waals surface area contributed by atoms with Gasteiger partial charge in [0.25, 0.3) is 0 Å². The number of carbonyl (C=O) groups excluding carboxylic acids is 1. The van der Waals surface area contributed by atoms with Crippen molar-refractivity contribution in [2.45, 2.75) is 25.9 Å². The van der Waals surface area contributed by atoms with Crippen molar-refractivity contribution in [3.05, 3.63) is 0 Å². The number of nitrogens with zero attached hydrogens (tertiary/aromatic N) is 1. The van der Waals surface area contributed by atoms with Crippen LogP contribution in [0.4, 0.5) is 0 Å². The van der Waals surface area contributed by atoms with E-state index in [4.69, 9.17) is 0 Å². The normalized spacial score (nSPS) is 34.7. The molecule has 1 aliphatic heterocycles. The van der Waals surface area contributed by atoms with Gasteiger partial charge in [0.05, 0.1) is 6.04 Å². The molecule has 1 amide bonds. The van der Waals surface area contributed by atoms with Gasteiger partial charge >= 0.3 is 0 Å². The van der Waals surface area contributed by atoms with Gasteiger partial charge in [-0.3, -0.25) is 4.79 Å². The third-order valence-electron chi connectivity index (χ3n) is 1.83. The molecule has 1 saturated heterocycles. The Kier molecular flexibility index (Phi) is 1.94. The summed E-state index contributed by atoms with van der Waals surface area (Å²) in [7, 11) is 1.84. The Bertz CT molecular complexity index is 133. The topological polar surface area (TPSA) is 32.3 Å². The summed E-state index contributed by atoms with van der Waals surface area (Å²) < 4.78 is 0. The van der Waals surface area contributed by atoms with Gasteiger partial charge in [-0.1, -0.05) is 0 Å². The smallest absolute Gasteiger partial charge is 0.239 e. The highest BCUT2D eigenvalue weighted by molar-refractivity contribution is 5.82. The quantitative estimate of drug-likeness (QED) is 0.509. The summed E-state index contributed by atoms with van der Waals surface area (Å²) in [5.41, 5.74) is 0. The zero-order chi connectivity index (χ0) is 7.72. The van der Waals surface area contributed by atoms with Crippen LogP contribution in [0.5, 0.6) is 0 Å². The van der Waals surface area contributed by atoms with Crippen LogP contribution < -0.4 is 5.32 Å². The van der Waals surface area contributed by atoms with Crippen LogP contribution in [-0.4, -0.2) is 36.5 Å². The molecule has 3 heteroatoms. The second-order valence-electron chi connectivity index (χ2n) is 3.01. The van der Waals surface area contributed by atoms with E-state index < -0.39 is 0 Å². The first-order valence-electron chi connectivity index (χ1n) is 3.62. The summed E-state index contributed by atoms with van der Waals surface area (Å²) in [6.45, 7) is 4.80. The minimum atomic E-state index is -0.00579. The Morgan fingerprint density at radius 1 is 1.60 bits per heavy atom. The minimum absolute atomic E-state index is 0.00579. The number of piperazine rings is 1. The number of carbonyl (C=O) groups is 1. The lowest BCUT2D eigenvalue weighted by Crippen LogP contribution is -2.56. The summed E-state index contributed by atoms with van der Waals surface area (Å²) >= 11 is 0. The molecule has 0 aliphatic carbocycles. The molecule has 1 N–H and O–H groups in total. The first-order chi connectivity index (χ1) is 4.61. The van der Waals surface area contributed by atoms with Gasteiger partial charge in [0.15, 0.2) is 0 Å². The van der Waals surface area contributed by atoms with Crippen LogP contribution in [0.3, 0.4) is 0 Å². The van der Waals surface area contributed by atoms with Crippen molar-refractivity contribution in [1.82, 2.24) is 10.2 Å². The van der Waals surface area contributed by atoms with Gasteiger partial charge in [0.2, 0.25) is 5.91 Å². The summed E-state index contributed by atoms with van der Waals surface area (Å²) in [6, 6.07) is 0.423. The van der Waals surface area contributed by atoms with Gasteiger partial charge in [0, 0.05) is 19.6 Å². The maximum atomic E-state index is 11.1. The number of likely N-dealkylation sites (N-methyl/N-ethyl adjacent to an activating group) is 1. The second kappa shape index (κ2) is 2.58. The van der Waals surface area contributed by atoms with E-state index in [2.05, 4.69) is 12.2 Å². The Hall–Kier alpha value is -0.570. The van der Waals surface area contributed by atoms with Gasteiger partial charge in [-0.25, -0.2) is 0 Å². The van der Waals surface area contributed by atoms with Crippen LogP contribution in [0.1, 0.15) is 13.8 Å². The van der Waals surface area contributed by atoms with Crippen LogP contribution in [-0.2, 0) is 4.79 Å². The van der Waals surface area contributed by atoms with E-state index in [0.717, 1.165) is 6.54 Å². The standard InChI is InChI=1S/C7H14N2O/c1-5-4-9(3)7(10)6(2)8-5/h5-6,8H,4H2,1-3H3/t5-,6+/m0/s1. The van der Waals surface area contributed by atoms with E-state index in [1.54, 1.807) is 4.90 Å². The number of hydrogen-bond donors (Lipinski definition) is 1. The van der Waals surface area contributed by atoms with Crippen LogP contribution >= 0.6 is 0 Å². The molecule has 0 spiro atoms. The number of nitrogens with one attached hydrogen (secondary N) is 1. The molecular formula is C7H14N2O. The molecule has 10 heavy (non-hydrogen) atoms. The third-order valence-corrected chi connectivity index (χ3v) is 1.83. The molecule has 58 valence electrons. The Morgan fingerprint density at radius 2 is 2.20 bits per heavy atom. The largest absolute Gasteiger partial charge is 0.343 e. The number of rotatable bonds is 0. The van der Waals surface area contributed by atoms with Crippen molar-refractivity contribution in [3.8, 4) is 0 Å². The lowest BCUT2D eigenvalue weighted by atomic mass is 10.1. The molecule has 0 aromatic rings.